The first-order valence-corrected chi connectivity index (χ1v) is 7.31. The van der Waals surface area contributed by atoms with Gasteiger partial charge in [0, 0.05) is 24.6 Å². The maximum atomic E-state index is 12.0. The predicted octanol–water partition coefficient (Wildman–Crippen LogP) is 1.28. The first-order valence-electron chi connectivity index (χ1n) is 7.31. The minimum absolute atomic E-state index is 0.132. The molecular weight excluding hydrogens is 254 g/mol. The Bertz CT molecular complexity index is 521. The summed E-state index contributed by atoms with van der Waals surface area (Å²) in [5.74, 6) is 2.61. The fourth-order valence-electron chi connectivity index (χ4n) is 2.49. The van der Waals surface area contributed by atoms with E-state index >= 15 is 0 Å². The largest absolute Gasteiger partial charge is 0.383 e. The number of nitrogens with zero attached hydrogens (tertiary/aromatic N) is 3. The lowest BCUT2D eigenvalue weighted by Gasteiger charge is -2.17. The second-order valence-electron chi connectivity index (χ2n) is 5.66. The van der Waals surface area contributed by atoms with Crippen molar-refractivity contribution in [2.75, 3.05) is 30.7 Å². The van der Waals surface area contributed by atoms with Gasteiger partial charge in [0.05, 0.1) is 6.54 Å². The van der Waals surface area contributed by atoms with E-state index in [0.717, 1.165) is 50.2 Å². The van der Waals surface area contributed by atoms with Gasteiger partial charge in [-0.1, -0.05) is 0 Å². The molecule has 1 aromatic rings. The zero-order valence-electron chi connectivity index (χ0n) is 11.9. The predicted molar refractivity (Wildman–Crippen MR) is 77.5 cm³/mol. The summed E-state index contributed by atoms with van der Waals surface area (Å²) in [6.45, 7) is 3.91. The Labute approximate surface area is 118 Å². The number of hydrogen-bond donors (Lipinski definition) is 2. The van der Waals surface area contributed by atoms with Crippen LogP contribution in [0.5, 0.6) is 0 Å². The third-order valence-corrected chi connectivity index (χ3v) is 4.01. The van der Waals surface area contributed by atoms with Crippen molar-refractivity contribution in [3.8, 4) is 0 Å². The van der Waals surface area contributed by atoms with Crippen LogP contribution < -0.4 is 11.1 Å². The molecule has 1 saturated carbocycles. The van der Waals surface area contributed by atoms with Gasteiger partial charge in [-0.25, -0.2) is 9.97 Å². The van der Waals surface area contributed by atoms with Crippen LogP contribution in [0.2, 0.25) is 0 Å². The van der Waals surface area contributed by atoms with Crippen molar-refractivity contribution >= 4 is 17.5 Å². The summed E-state index contributed by atoms with van der Waals surface area (Å²) in [4.78, 5) is 22.8. The van der Waals surface area contributed by atoms with Crippen LogP contribution >= 0.6 is 0 Å². The standard InChI is InChI=1S/C14H21N5O/c1-9-12(15)17-14(10-4-5-10)18-13(9)16-8-11(20)19-6-2-3-7-19/h10H,2-8H2,1H3,(H3,15,16,17,18). The molecule has 0 bridgehead atoms. The van der Waals surface area contributed by atoms with Crippen LogP contribution in [0, 0.1) is 6.92 Å². The monoisotopic (exact) mass is 275 g/mol. The Kier molecular flexibility index (Phi) is 3.46. The zero-order valence-corrected chi connectivity index (χ0v) is 11.9. The zero-order chi connectivity index (χ0) is 14.1. The SMILES string of the molecule is Cc1c(N)nc(C2CC2)nc1NCC(=O)N1CCCC1. The van der Waals surface area contributed by atoms with Gasteiger partial charge in [-0.3, -0.25) is 4.79 Å². The summed E-state index contributed by atoms with van der Waals surface area (Å²) in [5.41, 5.74) is 6.75. The molecule has 2 aliphatic rings. The van der Waals surface area contributed by atoms with E-state index in [1.165, 1.54) is 0 Å². The molecule has 0 aromatic carbocycles. The maximum Gasteiger partial charge on any atom is 0.241 e. The molecule has 0 radical (unpaired) electrons. The van der Waals surface area contributed by atoms with Crippen molar-refractivity contribution in [1.29, 1.82) is 0 Å². The van der Waals surface area contributed by atoms with E-state index in [2.05, 4.69) is 15.3 Å². The van der Waals surface area contributed by atoms with Gasteiger partial charge < -0.3 is 16.0 Å². The van der Waals surface area contributed by atoms with Gasteiger partial charge in [-0.05, 0) is 32.6 Å². The van der Waals surface area contributed by atoms with Gasteiger partial charge in [0.15, 0.2) is 0 Å². The summed E-state index contributed by atoms with van der Waals surface area (Å²) >= 11 is 0. The highest BCUT2D eigenvalue weighted by Gasteiger charge is 2.28. The number of aromatic nitrogens is 2. The van der Waals surface area contributed by atoms with Gasteiger partial charge in [0.2, 0.25) is 5.91 Å². The highest BCUT2D eigenvalue weighted by atomic mass is 16.2. The summed E-state index contributed by atoms with van der Waals surface area (Å²) in [6.07, 6.45) is 4.48. The number of anilines is 2. The van der Waals surface area contributed by atoms with E-state index in [1.54, 1.807) is 0 Å². The van der Waals surface area contributed by atoms with Gasteiger partial charge >= 0.3 is 0 Å². The van der Waals surface area contributed by atoms with Crippen LogP contribution in [0.25, 0.3) is 0 Å². The van der Waals surface area contributed by atoms with Crippen LogP contribution in [0.3, 0.4) is 0 Å². The molecule has 1 aliphatic carbocycles. The van der Waals surface area contributed by atoms with Gasteiger partial charge in [0.25, 0.3) is 0 Å². The Morgan fingerprint density at radius 2 is 2.05 bits per heavy atom. The number of carbonyl (C=O) groups is 1. The number of nitrogens with one attached hydrogen (secondary N) is 1. The number of carbonyl (C=O) groups excluding carboxylic acids is 1. The molecule has 1 amide bonds. The molecule has 0 atom stereocenters. The highest BCUT2D eigenvalue weighted by Crippen LogP contribution is 2.39. The molecule has 108 valence electrons. The first kappa shape index (κ1) is 13.1. The Morgan fingerprint density at radius 1 is 1.35 bits per heavy atom. The van der Waals surface area contributed by atoms with Crippen LogP contribution in [0.1, 0.15) is 43.0 Å². The topological polar surface area (TPSA) is 84.1 Å². The quantitative estimate of drug-likeness (QED) is 0.864. The lowest BCUT2D eigenvalue weighted by molar-refractivity contribution is -0.128. The average molecular weight is 275 g/mol. The molecule has 1 aromatic heterocycles. The third kappa shape index (κ3) is 2.69. The second kappa shape index (κ2) is 5.26. The van der Waals surface area contributed by atoms with Crippen molar-refractivity contribution in [1.82, 2.24) is 14.9 Å². The molecule has 6 nitrogen and oxygen atoms in total. The number of nitrogens with two attached hydrogens (primary N) is 1. The minimum Gasteiger partial charge on any atom is -0.383 e. The van der Waals surface area contributed by atoms with Crippen molar-refractivity contribution in [2.45, 2.75) is 38.5 Å². The number of rotatable bonds is 4. The normalized spacial score (nSPS) is 18.4. The highest BCUT2D eigenvalue weighted by molar-refractivity contribution is 5.81. The number of nitrogen functional groups attached to an aromatic ring is 1. The van der Waals surface area contributed by atoms with Crippen molar-refractivity contribution in [3.63, 3.8) is 0 Å². The van der Waals surface area contributed by atoms with Gasteiger partial charge in [-0.2, -0.15) is 0 Å². The Hall–Kier alpha value is -1.85. The number of hydrogen-bond acceptors (Lipinski definition) is 5. The summed E-state index contributed by atoms with van der Waals surface area (Å²) in [5, 5.41) is 3.13. The molecule has 6 heteroatoms. The third-order valence-electron chi connectivity index (χ3n) is 4.01. The second-order valence-corrected chi connectivity index (χ2v) is 5.66. The van der Waals surface area contributed by atoms with Crippen LogP contribution in [-0.4, -0.2) is 40.4 Å². The summed E-state index contributed by atoms with van der Waals surface area (Å²) in [6, 6.07) is 0. The average Bonchev–Trinajstić information content (AvgIpc) is 3.14. The fourth-order valence-corrected chi connectivity index (χ4v) is 2.49. The molecule has 3 rings (SSSR count). The van der Waals surface area contributed by atoms with Crippen molar-refractivity contribution < 1.29 is 4.79 Å². The molecule has 1 saturated heterocycles. The van der Waals surface area contributed by atoms with Gasteiger partial charge in [0.1, 0.15) is 17.5 Å². The van der Waals surface area contributed by atoms with E-state index in [0.29, 0.717) is 17.6 Å². The van der Waals surface area contributed by atoms with Crippen molar-refractivity contribution in [3.05, 3.63) is 11.4 Å². The van der Waals surface area contributed by atoms with Crippen molar-refractivity contribution in [2.24, 2.45) is 0 Å². The van der Waals surface area contributed by atoms with Crippen LogP contribution in [0.15, 0.2) is 0 Å². The van der Waals surface area contributed by atoms with E-state index in [-0.39, 0.29) is 12.5 Å². The summed E-state index contributed by atoms with van der Waals surface area (Å²) < 4.78 is 0. The molecule has 20 heavy (non-hydrogen) atoms. The first-order chi connectivity index (χ1) is 9.65. The van der Waals surface area contributed by atoms with E-state index in [9.17, 15) is 4.79 Å². The molecular formula is C14H21N5O. The number of likely N-dealkylation sites (tertiary alicyclic amines) is 1. The van der Waals surface area contributed by atoms with E-state index in [4.69, 9.17) is 5.73 Å². The molecule has 1 aliphatic heterocycles. The fraction of sp³-hybridized carbons (Fsp3) is 0.643. The summed E-state index contributed by atoms with van der Waals surface area (Å²) in [7, 11) is 0. The lowest BCUT2D eigenvalue weighted by atomic mass is 10.3. The number of amides is 1. The van der Waals surface area contributed by atoms with E-state index in [1.807, 2.05) is 11.8 Å². The molecule has 2 heterocycles. The van der Waals surface area contributed by atoms with Crippen LogP contribution in [-0.2, 0) is 4.79 Å². The minimum atomic E-state index is 0.132. The smallest absolute Gasteiger partial charge is 0.241 e. The molecule has 0 spiro atoms. The Balaban J connectivity index is 1.68. The maximum absolute atomic E-state index is 12.0. The molecule has 3 N–H and O–H groups in total. The molecule has 2 fully saturated rings. The van der Waals surface area contributed by atoms with E-state index < -0.39 is 0 Å². The van der Waals surface area contributed by atoms with Crippen LogP contribution in [0.4, 0.5) is 11.6 Å². The van der Waals surface area contributed by atoms with Gasteiger partial charge in [-0.15, -0.1) is 0 Å². The molecule has 0 unspecified atom stereocenters. The Morgan fingerprint density at radius 3 is 2.70 bits per heavy atom. The lowest BCUT2D eigenvalue weighted by Crippen LogP contribution is -2.33.